The van der Waals surface area contributed by atoms with Crippen LogP contribution >= 0.6 is 0 Å². The van der Waals surface area contributed by atoms with Crippen molar-refractivity contribution in [3.8, 4) is 0 Å². The molecule has 1 aliphatic rings. The predicted octanol–water partition coefficient (Wildman–Crippen LogP) is 1.67. The van der Waals surface area contributed by atoms with Crippen LogP contribution in [0.25, 0.3) is 0 Å². The first-order valence-electron chi connectivity index (χ1n) is 5.80. The molecule has 2 N–H and O–H groups in total. The molecule has 1 fully saturated rings. The molecular formula is C12H19N3O. The van der Waals surface area contributed by atoms with E-state index in [4.69, 9.17) is 5.11 Å². The summed E-state index contributed by atoms with van der Waals surface area (Å²) in [6, 6.07) is 0. The highest BCUT2D eigenvalue weighted by atomic mass is 16.3. The van der Waals surface area contributed by atoms with Gasteiger partial charge in [-0.2, -0.15) is 0 Å². The quantitative estimate of drug-likeness (QED) is 0.794. The summed E-state index contributed by atoms with van der Waals surface area (Å²) in [6.07, 6.45) is 5.08. The van der Waals surface area contributed by atoms with E-state index in [1.165, 1.54) is 12.8 Å². The van der Waals surface area contributed by atoms with E-state index in [0.717, 1.165) is 30.2 Å². The molecule has 4 heteroatoms. The molecule has 0 unspecified atom stereocenters. The molecule has 88 valence electrons. The molecule has 1 saturated carbocycles. The normalized spacial score (nSPS) is 17.2. The van der Waals surface area contributed by atoms with Gasteiger partial charge in [0.05, 0.1) is 17.6 Å². The molecule has 1 aromatic rings. The topological polar surface area (TPSA) is 58.0 Å². The van der Waals surface area contributed by atoms with Crippen molar-refractivity contribution < 1.29 is 5.11 Å². The summed E-state index contributed by atoms with van der Waals surface area (Å²) >= 11 is 0. The van der Waals surface area contributed by atoms with Crippen LogP contribution < -0.4 is 5.32 Å². The van der Waals surface area contributed by atoms with Crippen molar-refractivity contribution in [2.45, 2.75) is 33.1 Å². The molecule has 0 aromatic carbocycles. The molecule has 0 amide bonds. The first-order chi connectivity index (χ1) is 7.65. The van der Waals surface area contributed by atoms with Crippen LogP contribution in [0.3, 0.4) is 0 Å². The summed E-state index contributed by atoms with van der Waals surface area (Å²) in [5, 5.41) is 12.3. The van der Waals surface area contributed by atoms with E-state index in [2.05, 4.69) is 15.3 Å². The Hall–Kier alpha value is -1.16. The number of hydrogen-bond donors (Lipinski definition) is 2. The molecule has 16 heavy (non-hydrogen) atoms. The second kappa shape index (κ2) is 4.37. The number of nitrogens with zero attached hydrogens (tertiary/aromatic N) is 2. The summed E-state index contributed by atoms with van der Waals surface area (Å²) in [5.74, 6) is 0.840. The highest BCUT2D eigenvalue weighted by Gasteiger charge is 2.41. The molecular weight excluding hydrogens is 202 g/mol. The van der Waals surface area contributed by atoms with Crippen LogP contribution in [0.2, 0.25) is 0 Å². The molecule has 4 nitrogen and oxygen atoms in total. The van der Waals surface area contributed by atoms with E-state index in [0.29, 0.717) is 5.41 Å². The predicted molar refractivity (Wildman–Crippen MR) is 63.4 cm³/mol. The van der Waals surface area contributed by atoms with Crippen LogP contribution in [-0.4, -0.2) is 28.2 Å². The maximum atomic E-state index is 8.96. The molecule has 0 saturated heterocycles. The number of aliphatic hydroxyl groups excluding tert-OH is 1. The number of hydrogen-bond acceptors (Lipinski definition) is 4. The Morgan fingerprint density at radius 3 is 2.69 bits per heavy atom. The number of rotatable bonds is 5. The summed E-state index contributed by atoms with van der Waals surface area (Å²) in [6.45, 7) is 5.10. The zero-order chi connectivity index (χ0) is 11.6. The summed E-state index contributed by atoms with van der Waals surface area (Å²) in [4.78, 5) is 8.70. The van der Waals surface area contributed by atoms with Crippen LogP contribution in [0.5, 0.6) is 0 Å². The van der Waals surface area contributed by atoms with Gasteiger partial charge in [0, 0.05) is 13.2 Å². The lowest BCUT2D eigenvalue weighted by Crippen LogP contribution is -2.17. The van der Waals surface area contributed by atoms with Gasteiger partial charge in [0.2, 0.25) is 0 Å². The third-order valence-corrected chi connectivity index (χ3v) is 3.44. The van der Waals surface area contributed by atoms with Gasteiger partial charge in [-0.15, -0.1) is 0 Å². The average molecular weight is 221 g/mol. The zero-order valence-electron chi connectivity index (χ0n) is 9.95. The van der Waals surface area contributed by atoms with Crippen LogP contribution in [0.15, 0.2) is 6.20 Å². The van der Waals surface area contributed by atoms with Gasteiger partial charge >= 0.3 is 0 Å². The Labute approximate surface area is 96.1 Å². The van der Waals surface area contributed by atoms with Gasteiger partial charge in [-0.3, -0.25) is 4.98 Å². The lowest BCUT2D eigenvalue weighted by Gasteiger charge is -2.15. The van der Waals surface area contributed by atoms with E-state index < -0.39 is 0 Å². The fraction of sp³-hybridized carbons (Fsp3) is 0.667. The standard InChI is InChI=1S/C12H19N3O/c1-9-10(2)15-11(7-13-9)14-8-12(3-4-12)5-6-16/h7,16H,3-6,8H2,1-2H3,(H,14,15). The monoisotopic (exact) mass is 221 g/mol. The maximum absolute atomic E-state index is 8.96. The van der Waals surface area contributed by atoms with Crippen molar-refractivity contribution in [3.63, 3.8) is 0 Å². The smallest absolute Gasteiger partial charge is 0.144 e. The summed E-state index contributed by atoms with van der Waals surface area (Å²) < 4.78 is 0. The average Bonchev–Trinajstić information content (AvgIpc) is 3.01. The minimum Gasteiger partial charge on any atom is -0.396 e. The molecule has 0 spiro atoms. The van der Waals surface area contributed by atoms with Gasteiger partial charge in [0.25, 0.3) is 0 Å². The first-order valence-corrected chi connectivity index (χ1v) is 5.80. The fourth-order valence-electron chi connectivity index (χ4n) is 1.83. The van der Waals surface area contributed by atoms with Crippen LogP contribution in [-0.2, 0) is 0 Å². The number of aromatic nitrogens is 2. The molecule has 2 rings (SSSR count). The summed E-state index contributed by atoms with van der Waals surface area (Å²) in [5.41, 5.74) is 2.26. The highest BCUT2D eigenvalue weighted by molar-refractivity contribution is 5.34. The Balaban J connectivity index is 1.92. The van der Waals surface area contributed by atoms with E-state index in [1.54, 1.807) is 6.20 Å². The Morgan fingerprint density at radius 2 is 2.12 bits per heavy atom. The second-order valence-corrected chi connectivity index (χ2v) is 4.75. The molecule has 1 aliphatic carbocycles. The van der Waals surface area contributed by atoms with Crippen molar-refractivity contribution in [3.05, 3.63) is 17.6 Å². The van der Waals surface area contributed by atoms with Crippen LogP contribution in [0, 0.1) is 19.3 Å². The van der Waals surface area contributed by atoms with Gasteiger partial charge in [0.15, 0.2) is 0 Å². The molecule has 0 aliphatic heterocycles. The maximum Gasteiger partial charge on any atom is 0.144 e. The summed E-state index contributed by atoms with van der Waals surface area (Å²) in [7, 11) is 0. The Kier molecular flexibility index (Phi) is 3.10. The minimum atomic E-state index is 0.278. The van der Waals surface area contributed by atoms with Gasteiger partial charge in [-0.05, 0) is 38.5 Å². The molecule has 0 radical (unpaired) electrons. The van der Waals surface area contributed by atoms with Gasteiger partial charge in [-0.25, -0.2) is 4.98 Å². The van der Waals surface area contributed by atoms with Gasteiger partial charge in [-0.1, -0.05) is 0 Å². The van der Waals surface area contributed by atoms with Gasteiger partial charge < -0.3 is 10.4 Å². The number of aryl methyl sites for hydroxylation is 2. The highest BCUT2D eigenvalue weighted by Crippen LogP contribution is 2.48. The first kappa shape index (κ1) is 11.3. The lowest BCUT2D eigenvalue weighted by molar-refractivity contribution is 0.253. The van der Waals surface area contributed by atoms with E-state index >= 15 is 0 Å². The minimum absolute atomic E-state index is 0.278. The Morgan fingerprint density at radius 1 is 1.38 bits per heavy atom. The largest absolute Gasteiger partial charge is 0.396 e. The molecule has 1 aromatic heterocycles. The molecule has 1 heterocycles. The lowest BCUT2D eigenvalue weighted by atomic mass is 10.0. The zero-order valence-corrected chi connectivity index (χ0v) is 9.95. The van der Waals surface area contributed by atoms with Crippen LogP contribution in [0.4, 0.5) is 5.82 Å². The van der Waals surface area contributed by atoms with Gasteiger partial charge in [0.1, 0.15) is 5.82 Å². The van der Waals surface area contributed by atoms with E-state index in [9.17, 15) is 0 Å². The fourth-order valence-corrected chi connectivity index (χ4v) is 1.83. The SMILES string of the molecule is Cc1ncc(NCC2(CCO)CC2)nc1C. The molecule has 0 bridgehead atoms. The van der Waals surface area contributed by atoms with Crippen LogP contribution in [0.1, 0.15) is 30.7 Å². The Bertz CT molecular complexity index is 375. The van der Waals surface area contributed by atoms with Crippen molar-refractivity contribution in [2.24, 2.45) is 5.41 Å². The van der Waals surface area contributed by atoms with Crippen molar-refractivity contribution in [1.29, 1.82) is 0 Å². The number of anilines is 1. The van der Waals surface area contributed by atoms with Crippen molar-refractivity contribution in [1.82, 2.24) is 9.97 Å². The third kappa shape index (κ3) is 2.50. The molecule has 0 atom stereocenters. The number of aliphatic hydroxyl groups is 1. The van der Waals surface area contributed by atoms with E-state index in [-0.39, 0.29) is 6.61 Å². The third-order valence-electron chi connectivity index (χ3n) is 3.44. The number of nitrogens with one attached hydrogen (secondary N) is 1. The van der Waals surface area contributed by atoms with Crippen molar-refractivity contribution in [2.75, 3.05) is 18.5 Å². The van der Waals surface area contributed by atoms with Crippen molar-refractivity contribution >= 4 is 5.82 Å². The van der Waals surface area contributed by atoms with E-state index in [1.807, 2.05) is 13.8 Å². The second-order valence-electron chi connectivity index (χ2n) is 4.75.